The fourth-order valence-corrected chi connectivity index (χ4v) is 3.33. The van der Waals surface area contributed by atoms with Gasteiger partial charge < -0.3 is 5.11 Å². The summed E-state index contributed by atoms with van der Waals surface area (Å²) in [6.07, 6.45) is 1.71. The molecule has 4 aromatic rings. The average Bonchev–Trinajstić information content (AvgIpc) is 3.10. The van der Waals surface area contributed by atoms with E-state index in [1.165, 1.54) is 22.2 Å². The first-order valence-corrected chi connectivity index (χ1v) is 8.79. The maximum atomic E-state index is 12.3. The van der Waals surface area contributed by atoms with Gasteiger partial charge in [-0.1, -0.05) is 17.8 Å². The van der Waals surface area contributed by atoms with Crippen LogP contribution in [0.2, 0.25) is 0 Å². The molecule has 26 heavy (non-hydrogen) atoms. The van der Waals surface area contributed by atoms with E-state index in [2.05, 4.69) is 20.5 Å². The second-order valence-electron chi connectivity index (χ2n) is 5.65. The summed E-state index contributed by atoms with van der Waals surface area (Å²) >= 11 is 1.38. The van der Waals surface area contributed by atoms with Crippen molar-refractivity contribution in [3.63, 3.8) is 0 Å². The van der Waals surface area contributed by atoms with Crippen molar-refractivity contribution in [3.8, 4) is 11.4 Å². The molecule has 0 saturated heterocycles. The molecule has 0 aliphatic heterocycles. The minimum atomic E-state index is -0.118. The zero-order valence-electron chi connectivity index (χ0n) is 13.8. The molecule has 3 heterocycles. The van der Waals surface area contributed by atoms with Gasteiger partial charge in [-0.05, 0) is 53.2 Å². The number of nitrogens with zero attached hydrogens (tertiary/aromatic N) is 6. The number of fused-ring (bicyclic) bond motifs is 1. The number of pyridine rings is 1. The summed E-state index contributed by atoms with van der Waals surface area (Å²) in [5, 5.41) is 21.7. The smallest absolute Gasteiger partial charge is 0.258 e. The minimum absolute atomic E-state index is 0.118. The number of thioether (sulfide) groups is 1. The molecule has 0 aliphatic carbocycles. The Morgan fingerprint density at radius 3 is 2.81 bits per heavy atom. The Bertz CT molecular complexity index is 1140. The van der Waals surface area contributed by atoms with Gasteiger partial charge >= 0.3 is 0 Å². The third-order valence-corrected chi connectivity index (χ3v) is 4.78. The molecule has 8 nitrogen and oxygen atoms in total. The van der Waals surface area contributed by atoms with E-state index in [1.807, 2.05) is 19.1 Å². The predicted molar refractivity (Wildman–Crippen MR) is 96.6 cm³/mol. The Labute approximate surface area is 152 Å². The highest BCUT2D eigenvalue weighted by Crippen LogP contribution is 2.22. The summed E-state index contributed by atoms with van der Waals surface area (Å²) in [4.78, 5) is 16.9. The topological polar surface area (TPSA) is 98.2 Å². The van der Waals surface area contributed by atoms with Gasteiger partial charge in [-0.15, -0.1) is 5.10 Å². The van der Waals surface area contributed by atoms with E-state index < -0.39 is 0 Å². The summed E-state index contributed by atoms with van der Waals surface area (Å²) in [5.74, 6) is 0.630. The molecule has 0 saturated carbocycles. The number of aromatic hydroxyl groups is 1. The number of rotatable bonds is 4. The summed E-state index contributed by atoms with van der Waals surface area (Å²) in [6, 6.07) is 11.9. The monoisotopic (exact) mass is 366 g/mol. The summed E-state index contributed by atoms with van der Waals surface area (Å²) < 4.78 is 3.10. The number of phenols is 1. The van der Waals surface area contributed by atoms with E-state index in [-0.39, 0.29) is 11.3 Å². The lowest BCUT2D eigenvalue weighted by atomic mass is 10.3. The van der Waals surface area contributed by atoms with Gasteiger partial charge in [-0.3, -0.25) is 9.20 Å². The van der Waals surface area contributed by atoms with Crippen LogP contribution in [0.1, 0.15) is 11.3 Å². The molecule has 9 heteroatoms. The second-order valence-corrected chi connectivity index (χ2v) is 6.59. The van der Waals surface area contributed by atoms with Crippen LogP contribution in [0, 0.1) is 6.92 Å². The van der Waals surface area contributed by atoms with Crippen molar-refractivity contribution in [1.29, 1.82) is 0 Å². The fraction of sp³-hybridized carbons (Fsp3) is 0.118. The van der Waals surface area contributed by atoms with Crippen molar-refractivity contribution >= 4 is 17.4 Å². The molecule has 130 valence electrons. The van der Waals surface area contributed by atoms with Crippen LogP contribution in [-0.2, 0) is 5.75 Å². The van der Waals surface area contributed by atoms with Crippen LogP contribution in [-0.4, -0.2) is 34.7 Å². The van der Waals surface area contributed by atoms with Gasteiger partial charge in [0.15, 0.2) is 0 Å². The van der Waals surface area contributed by atoms with Crippen LogP contribution in [0.4, 0.5) is 0 Å². The van der Waals surface area contributed by atoms with Gasteiger partial charge in [-0.2, -0.15) is 4.68 Å². The van der Waals surface area contributed by atoms with Crippen molar-refractivity contribution in [2.24, 2.45) is 0 Å². The molecule has 0 radical (unpaired) electrons. The summed E-state index contributed by atoms with van der Waals surface area (Å²) in [7, 11) is 0. The number of aryl methyl sites for hydroxylation is 1. The molecule has 0 unspecified atom stereocenters. The normalized spacial score (nSPS) is 11.1. The minimum Gasteiger partial charge on any atom is -0.508 e. The fourth-order valence-electron chi connectivity index (χ4n) is 2.55. The zero-order chi connectivity index (χ0) is 18.1. The average molecular weight is 366 g/mol. The highest BCUT2D eigenvalue weighted by molar-refractivity contribution is 7.98. The Morgan fingerprint density at radius 2 is 2.00 bits per heavy atom. The van der Waals surface area contributed by atoms with Crippen LogP contribution in [0.15, 0.2) is 58.6 Å². The van der Waals surface area contributed by atoms with Crippen LogP contribution >= 0.6 is 11.8 Å². The lowest BCUT2D eigenvalue weighted by molar-refractivity contribution is 0.475. The molecular weight excluding hydrogens is 352 g/mol. The van der Waals surface area contributed by atoms with Gasteiger partial charge in [0.25, 0.3) is 5.56 Å². The van der Waals surface area contributed by atoms with Crippen molar-refractivity contribution in [1.82, 2.24) is 29.6 Å². The van der Waals surface area contributed by atoms with Crippen LogP contribution in [0.25, 0.3) is 11.3 Å². The number of hydrogen-bond donors (Lipinski definition) is 1. The maximum absolute atomic E-state index is 12.3. The van der Waals surface area contributed by atoms with E-state index in [0.717, 1.165) is 11.3 Å². The largest absolute Gasteiger partial charge is 0.508 e. The summed E-state index contributed by atoms with van der Waals surface area (Å²) in [6.45, 7) is 1.92. The molecule has 3 aromatic heterocycles. The number of benzene rings is 1. The molecule has 4 rings (SSSR count). The lowest BCUT2D eigenvalue weighted by Gasteiger charge is -2.06. The van der Waals surface area contributed by atoms with E-state index in [4.69, 9.17) is 0 Å². The molecule has 0 amide bonds. The second kappa shape index (κ2) is 6.60. The Kier molecular flexibility index (Phi) is 4.13. The Hall–Kier alpha value is -3.20. The molecule has 1 aromatic carbocycles. The van der Waals surface area contributed by atoms with Crippen LogP contribution < -0.4 is 5.56 Å². The molecular formula is C17H14N6O2S. The highest BCUT2D eigenvalue weighted by atomic mass is 32.2. The van der Waals surface area contributed by atoms with Gasteiger partial charge in [0.1, 0.15) is 11.4 Å². The molecule has 0 spiro atoms. The molecule has 0 bridgehead atoms. The first-order chi connectivity index (χ1) is 12.6. The van der Waals surface area contributed by atoms with Gasteiger partial charge in [0.05, 0.1) is 11.4 Å². The Morgan fingerprint density at radius 1 is 1.19 bits per heavy atom. The standard InChI is InChI=1S/C17H14N6O2S/c1-11-3-2-8-22-15(25)9-12(18-16(11)22)10-26-17-19-20-21-23(17)13-4-6-14(24)7-5-13/h2-9,24H,10H2,1H3. The summed E-state index contributed by atoms with van der Waals surface area (Å²) in [5.41, 5.74) is 2.86. The van der Waals surface area contributed by atoms with Gasteiger partial charge in [0.2, 0.25) is 5.16 Å². The number of hydrogen-bond acceptors (Lipinski definition) is 7. The quantitative estimate of drug-likeness (QED) is 0.551. The zero-order valence-corrected chi connectivity index (χ0v) is 14.6. The molecule has 0 atom stereocenters. The number of phenolic OH excluding ortho intramolecular Hbond substituents is 1. The first kappa shape index (κ1) is 16.3. The highest BCUT2D eigenvalue weighted by Gasteiger charge is 2.11. The SMILES string of the molecule is Cc1cccn2c(=O)cc(CSc3nnnn3-c3ccc(O)cc3)nc12. The molecule has 0 aliphatic rings. The van der Waals surface area contributed by atoms with Crippen LogP contribution in [0.3, 0.4) is 0 Å². The maximum Gasteiger partial charge on any atom is 0.258 e. The van der Waals surface area contributed by atoms with Gasteiger partial charge in [0, 0.05) is 18.0 Å². The Balaban J connectivity index is 1.62. The van der Waals surface area contributed by atoms with E-state index in [9.17, 15) is 9.90 Å². The van der Waals surface area contributed by atoms with Crippen molar-refractivity contribution in [3.05, 3.63) is 70.3 Å². The van der Waals surface area contributed by atoms with Crippen LogP contribution in [0.5, 0.6) is 5.75 Å². The van der Waals surface area contributed by atoms with Crippen molar-refractivity contribution in [2.45, 2.75) is 17.8 Å². The molecule has 1 N–H and O–H groups in total. The van der Waals surface area contributed by atoms with Crippen molar-refractivity contribution in [2.75, 3.05) is 0 Å². The predicted octanol–water partition coefficient (Wildman–Crippen LogP) is 1.98. The third kappa shape index (κ3) is 3.04. The molecule has 0 fully saturated rings. The third-order valence-electron chi connectivity index (χ3n) is 3.82. The van der Waals surface area contributed by atoms with Gasteiger partial charge in [-0.25, -0.2) is 4.98 Å². The lowest BCUT2D eigenvalue weighted by Crippen LogP contribution is -2.15. The van der Waals surface area contributed by atoms with E-state index >= 15 is 0 Å². The number of tetrazole rings is 1. The van der Waals surface area contributed by atoms with E-state index in [0.29, 0.717) is 22.3 Å². The van der Waals surface area contributed by atoms with E-state index in [1.54, 1.807) is 35.1 Å². The van der Waals surface area contributed by atoms with Crippen molar-refractivity contribution < 1.29 is 5.11 Å². The first-order valence-electron chi connectivity index (χ1n) is 7.80. The number of aromatic nitrogens is 6.